The molecule has 0 saturated carbocycles. The first-order valence-corrected chi connectivity index (χ1v) is 10.00. The predicted octanol–water partition coefficient (Wildman–Crippen LogP) is 4.11. The second kappa shape index (κ2) is 8.26. The number of hydrogen-bond donors (Lipinski definition) is 1. The van der Waals surface area contributed by atoms with Crippen LogP contribution in [0.25, 0.3) is 0 Å². The Kier molecular flexibility index (Phi) is 5.58. The number of benzene rings is 1. The van der Waals surface area contributed by atoms with Gasteiger partial charge in [-0.3, -0.25) is 4.98 Å². The summed E-state index contributed by atoms with van der Waals surface area (Å²) in [6.45, 7) is 3.23. The van der Waals surface area contributed by atoms with Gasteiger partial charge in [0, 0.05) is 37.2 Å². The molecule has 27 heavy (non-hydrogen) atoms. The second-order valence-corrected chi connectivity index (χ2v) is 7.62. The largest absolute Gasteiger partial charge is 0.494 e. The molecule has 1 aromatic carbocycles. The van der Waals surface area contributed by atoms with Crippen molar-refractivity contribution in [1.82, 2.24) is 10.3 Å². The SMILES string of the molecule is COc1ccc2c(c1F)CCC2NCCC1CCN(c2ccncc2)CC1. The van der Waals surface area contributed by atoms with E-state index in [1.54, 1.807) is 6.07 Å². The Morgan fingerprint density at radius 2 is 1.93 bits per heavy atom. The minimum atomic E-state index is -0.178. The molecule has 2 aliphatic rings. The molecule has 1 aliphatic heterocycles. The molecule has 0 bridgehead atoms. The average molecular weight is 369 g/mol. The molecule has 0 spiro atoms. The molecule has 1 aromatic heterocycles. The number of rotatable bonds is 6. The number of nitrogens with zero attached hydrogens (tertiary/aromatic N) is 2. The molecule has 1 saturated heterocycles. The summed E-state index contributed by atoms with van der Waals surface area (Å²) < 4.78 is 19.5. The Balaban J connectivity index is 1.25. The standard InChI is InChI=1S/C22H28FN3O/c1-27-21-5-3-18-19(22(21)23)2-4-20(18)25-13-6-16-9-14-26(15-10-16)17-7-11-24-12-8-17/h3,5,7-8,11-12,16,20,25H,2,4,6,9-10,13-15H2,1H3. The van der Waals surface area contributed by atoms with Crippen LogP contribution in [0, 0.1) is 11.7 Å². The molecule has 2 heterocycles. The maximum Gasteiger partial charge on any atom is 0.168 e. The van der Waals surface area contributed by atoms with E-state index in [2.05, 4.69) is 27.3 Å². The van der Waals surface area contributed by atoms with Crippen LogP contribution in [0.2, 0.25) is 0 Å². The van der Waals surface area contributed by atoms with Gasteiger partial charge in [-0.1, -0.05) is 6.07 Å². The first-order chi connectivity index (χ1) is 13.3. The summed E-state index contributed by atoms with van der Waals surface area (Å²) in [4.78, 5) is 6.55. The number of pyridine rings is 1. The average Bonchev–Trinajstić information content (AvgIpc) is 3.13. The molecule has 0 amide bonds. The van der Waals surface area contributed by atoms with E-state index in [1.165, 1.54) is 32.1 Å². The van der Waals surface area contributed by atoms with Gasteiger partial charge in [0.05, 0.1) is 7.11 Å². The summed E-state index contributed by atoms with van der Waals surface area (Å²) in [5.41, 5.74) is 3.22. The summed E-state index contributed by atoms with van der Waals surface area (Å²) in [5, 5.41) is 3.66. The lowest BCUT2D eigenvalue weighted by Gasteiger charge is -2.33. The first-order valence-electron chi connectivity index (χ1n) is 10.00. The topological polar surface area (TPSA) is 37.4 Å². The Hall–Kier alpha value is -2.14. The van der Waals surface area contributed by atoms with E-state index in [0.29, 0.717) is 5.75 Å². The third-order valence-electron chi connectivity index (χ3n) is 6.11. The highest BCUT2D eigenvalue weighted by Crippen LogP contribution is 2.36. The van der Waals surface area contributed by atoms with Crippen molar-refractivity contribution in [3.63, 3.8) is 0 Å². The van der Waals surface area contributed by atoms with Gasteiger partial charge in [-0.25, -0.2) is 4.39 Å². The van der Waals surface area contributed by atoms with Crippen LogP contribution in [-0.4, -0.2) is 31.7 Å². The highest BCUT2D eigenvalue weighted by atomic mass is 19.1. The molecule has 4 nitrogen and oxygen atoms in total. The van der Waals surface area contributed by atoms with Crippen LogP contribution in [0.1, 0.15) is 42.9 Å². The number of methoxy groups -OCH3 is 1. The van der Waals surface area contributed by atoms with E-state index in [0.717, 1.165) is 49.5 Å². The number of halogens is 1. The van der Waals surface area contributed by atoms with Crippen molar-refractivity contribution in [1.29, 1.82) is 0 Å². The van der Waals surface area contributed by atoms with Crippen LogP contribution in [0.4, 0.5) is 10.1 Å². The summed E-state index contributed by atoms with van der Waals surface area (Å²) in [6, 6.07) is 8.23. The minimum Gasteiger partial charge on any atom is -0.494 e. The predicted molar refractivity (Wildman–Crippen MR) is 106 cm³/mol. The monoisotopic (exact) mass is 369 g/mol. The maximum atomic E-state index is 14.4. The second-order valence-electron chi connectivity index (χ2n) is 7.62. The van der Waals surface area contributed by atoms with Crippen LogP contribution in [-0.2, 0) is 6.42 Å². The Morgan fingerprint density at radius 1 is 1.15 bits per heavy atom. The summed E-state index contributed by atoms with van der Waals surface area (Å²) in [5.74, 6) is 0.946. The van der Waals surface area contributed by atoms with E-state index in [9.17, 15) is 4.39 Å². The number of hydrogen-bond acceptors (Lipinski definition) is 4. The molecule has 0 radical (unpaired) electrons. The van der Waals surface area contributed by atoms with Crippen molar-refractivity contribution in [2.45, 2.75) is 38.1 Å². The van der Waals surface area contributed by atoms with Gasteiger partial charge in [-0.05, 0) is 73.9 Å². The van der Waals surface area contributed by atoms with E-state index in [4.69, 9.17) is 4.74 Å². The van der Waals surface area contributed by atoms with Gasteiger partial charge in [0.15, 0.2) is 11.6 Å². The minimum absolute atomic E-state index is 0.178. The van der Waals surface area contributed by atoms with Gasteiger partial charge >= 0.3 is 0 Å². The van der Waals surface area contributed by atoms with Crippen LogP contribution in [0.3, 0.4) is 0 Å². The normalized spacial score (nSPS) is 19.9. The number of aromatic nitrogens is 1. The lowest BCUT2D eigenvalue weighted by molar-refractivity contribution is 0.363. The third kappa shape index (κ3) is 3.93. The zero-order valence-electron chi connectivity index (χ0n) is 16.0. The lowest BCUT2D eigenvalue weighted by atomic mass is 9.93. The third-order valence-corrected chi connectivity index (χ3v) is 6.11. The van der Waals surface area contributed by atoms with Gasteiger partial charge in [0.25, 0.3) is 0 Å². The van der Waals surface area contributed by atoms with Crippen molar-refractivity contribution in [2.75, 3.05) is 31.6 Å². The van der Waals surface area contributed by atoms with Crippen LogP contribution >= 0.6 is 0 Å². The molecule has 1 aliphatic carbocycles. The van der Waals surface area contributed by atoms with Crippen molar-refractivity contribution in [3.8, 4) is 5.75 Å². The molecule has 2 aromatic rings. The molecule has 1 fully saturated rings. The van der Waals surface area contributed by atoms with Crippen molar-refractivity contribution < 1.29 is 9.13 Å². The fraction of sp³-hybridized carbons (Fsp3) is 0.500. The van der Waals surface area contributed by atoms with Gasteiger partial charge in [-0.2, -0.15) is 0 Å². The smallest absolute Gasteiger partial charge is 0.168 e. The van der Waals surface area contributed by atoms with Gasteiger partial charge in [0.1, 0.15) is 0 Å². The van der Waals surface area contributed by atoms with E-state index in [1.807, 2.05) is 18.5 Å². The molecule has 5 heteroatoms. The molecular weight excluding hydrogens is 341 g/mol. The van der Waals surface area contributed by atoms with Crippen LogP contribution < -0.4 is 15.0 Å². The fourth-order valence-electron chi connectivity index (χ4n) is 4.51. The number of ether oxygens (including phenoxy) is 1. The lowest BCUT2D eigenvalue weighted by Crippen LogP contribution is -2.34. The summed E-state index contributed by atoms with van der Waals surface area (Å²) in [6.07, 6.45) is 9.15. The number of anilines is 1. The van der Waals surface area contributed by atoms with Crippen molar-refractivity contribution >= 4 is 5.69 Å². The maximum absolute atomic E-state index is 14.4. The Labute approximate surface area is 160 Å². The summed E-state index contributed by atoms with van der Waals surface area (Å²) in [7, 11) is 1.52. The van der Waals surface area contributed by atoms with E-state index in [-0.39, 0.29) is 11.9 Å². The number of piperidine rings is 1. The van der Waals surface area contributed by atoms with Crippen molar-refractivity contribution in [2.24, 2.45) is 5.92 Å². The molecule has 144 valence electrons. The van der Waals surface area contributed by atoms with Gasteiger partial charge < -0.3 is 15.0 Å². The molecule has 1 N–H and O–H groups in total. The molecule has 1 unspecified atom stereocenters. The fourth-order valence-corrected chi connectivity index (χ4v) is 4.51. The zero-order valence-corrected chi connectivity index (χ0v) is 16.0. The van der Waals surface area contributed by atoms with Gasteiger partial charge in [-0.15, -0.1) is 0 Å². The zero-order chi connectivity index (χ0) is 18.6. The molecule has 1 atom stereocenters. The number of fused-ring (bicyclic) bond motifs is 1. The summed E-state index contributed by atoms with van der Waals surface area (Å²) >= 11 is 0. The van der Waals surface area contributed by atoms with Gasteiger partial charge in [0.2, 0.25) is 0 Å². The first kappa shape index (κ1) is 18.2. The quantitative estimate of drug-likeness (QED) is 0.831. The number of nitrogens with one attached hydrogen (secondary N) is 1. The van der Waals surface area contributed by atoms with Crippen molar-refractivity contribution in [3.05, 3.63) is 53.6 Å². The molecular formula is C22H28FN3O. The highest BCUT2D eigenvalue weighted by Gasteiger charge is 2.27. The van der Waals surface area contributed by atoms with E-state index < -0.39 is 0 Å². The highest BCUT2D eigenvalue weighted by molar-refractivity contribution is 5.45. The Bertz CT molecular complexity index is 760. The molecule has 4 rings (SSSR count). The van der Waals surface area contributed by atoms with Crippen LogP contribution in [0.5, 0.6) is 5.75 Å². The Morgan fingerprint density at radius 3 is 2.67 bits per heavy atom. The van der Waals surface area contributed by atoms with Crippen LogP contribution in [0.15, 0.2) is 36.7 Å². The van der Waals surface area contributed by atoms with E-state index >= 15 is 0 Å².